The minimum absolute atomic E-state index is 0.0756. The second kappa shape index (κ2) is 17.3. The Morgan fingerprint density at radius 2 is 1.43 bits per heavy atom. The molecule has 1 fully saturated rings. The summed E-state index contributed by atoms with van der Waals surface area (Å²) in [7, 11) is 0.0266. The number of methoxy groups -OCH3 is 1. The molecule has 0 aliphatic heterocycles. The van der Waals surface area contributed by atoms with E-state index in [-0.39, 0.29) is 36.7 Å². The van der Waals surface area contributed by atoms with Gasteiger partial charge in [0.25, 0.3) is 8.32 Å². The highest BCUT2D eigenvalue weighted by Gasteiger charge is 2.52. The lowest BCUT2D eigenvalue weighted by Crippen LogP contribution is -2.66. The Balaban J connectivity index is 1.37. The van der Waals surface area contributed by atoms with Crippen molar-refractivity contribution in [2.45, 2.75) is 102 Å². The molecule has 318 valence electrons. The fraction of sp³-hybridized carbons (Fsp3) is 0.413. The van der Waals surface area contributed by atoms with Crippen LogP contribution in [0.4, 0.5) is 19.4 Å². The molecule has 1 atom stereocenters. The molecule has 1 unspecified atom stereocenters. The Morgan fingerprint density at radius 1 is 0.850 bits per heavy atom. The van der Waals surface area contributed by atoms with Crippen molar-refractivity contribution < 1.29 is 37.1 Å². The maximum Gasteiger partial charge on any atom is 0.435 e. The highest BCUT2D eigenvalue weighted by molar-refractivity contribution is 6.99. The maximum atomic E-state index is 15.1. The summed E-state index contributed by atoms with van der Waals surface area (Å²) < 4.78 is 48.7. The second-order valence-electron chi connectivity index (χ2n) is 17.5. The molecular formula is C46H55F2N5O6Si. The molecular weight excluding hydrogens is 785 g/mol. The number of ether oxygens (including phenoxy) is 2. The van der Waals surface area contributed by atoms with Crippen LogP contribution in [0.25, 0.3) is 11.0 Å². The summed E-state index contributed by atoms with van der Waals surface area (Å²) in [5.41, 5.74) is -0.794. The molecule has 0 bridgehead atoms. The van der Waals surface area contributed by atoms with Gasteiger partial charge < -0.3 is 24.1 Å². The van der Waals surface area contributed by atoms with Crippen LogP contribution in [0.15, 0.2) is 103 Å². The largest absolute Gasteiger partial charge is 0.497 e. The van der Waals surface area contributed by atoms with Crippen LogP contribution in [-0.4, -0.2) is 84.2 Å². The van der Waals surface area contributed by atoms with Gasteiger partial charge in [-0.1, -0.05) is 93.6 Å². The van der Waals surface area contributed by atoms with Gasteiger partial charge in [-0.3, -0.25) is 9.59 Å². The molecule has 6 rings (SSSR count). The predicted molar refractivity (Wildman–Crippen MR) is 231 cm³/mol. The van der Waals surface area contributed by atoms with Crippen molar-refractivity contribution in [2.24, 2.45) is 0 Å². The molecule has 0 radical (unpaired) electrons. The molecule has 1 saturated carbocycles. The number of hydrogen-bond donors (Lipinski definition) is 1. The summed E-state index contributed by atoms with van der Waals surface area (Å²) in [6.45, 7) is 11.8. The Morgan fingerprint density at radius 3 is 1.97 bits per heavy atom. The number of likely N-dealkylation sites (N-methyl/N-ethyl adjacent to an activating group) is 1. The number of carbonyl (C=O) groups is 3. The Hall–Kier alpha value is -5.47. The van der Waals surface area contributed by atoms with Gasteiger partial charge in [0.1, 0.15) is 28.7 Å². The van der Waals surface area contributed by atoms with Gasteiger partial charge in [-0.2, -0.15) is 9.78 Å². The smallest absolute Gasteiger partial charge is 0.435 e. The molecule has 0 spiro atoms. The zero-order chi connectivity index (χ0) is 43.5. The molecule has 1 N–H and O–H groups in total. The van der Waals surface area contributed by atoms with Gasteiger partial charge in [-0.25, -0.2) is 18.6 Å². The van der Waals surface area contributed by atoms with Crippen molar-refractivity contribution in [3.63, 3.8) is 0 Å². The van der Waals surface area contributed by atoms with Gasteiger partial charge in [0, 0.05) is 26.5 Å². The first-order chi connectivity index (χ1) is 28.3. The number of halogens is 2. The van der Waals surface area contributed by atoms with E-state index in [1.54, 1.807) is 64.2 Å². The Bertz CT molecular complexity index is 2240. The predicted octanol–water partition coefficient (Wildman–Crippen LogP) is 8.10. The van der Waals surface area contributed by atoms with Gasteiger partial charge in [0.05, 0.1) is 24.2 Å². The lowest BCUT2D eigenvalue weighted by Gasteiger charge is -2.44. The number of anilines is 1. The van der Waals surface area contributed by atoms with Crippen molar-refractivity contribution >= 4 is 53.4 Å². The third kappa shape index (κ3) is 9.14. The highest BCUT2D eigenvalue weighted by atomic mass is 28.4. The molecule has 1 aliphatic carbocycles. The van der Waals surface area contributed by atoms with Crippen molar-refractivity contribution in [1.82, 2.24) is 19.7 Å². The fourth-order valence-electron chi connectivity index (χ4n) is 8.29. The van der Waals surface area contributed by atoms with Crippen molar-refractivity contribution in [1.29, 1.82) is 0 Å². The average molecular weight is 840 g/mol. The Labute approximate surface area is 351 Å². The normalized spacial score (nSPS) is 15.8. The molecule has 2 aromatic heterocycles. The summed E-state index contributed by atoms with van der Waals surface area (Å²) >= 11 is 0. The van der Waals surface area contributed by atoms with Gasteiger partial charge in [0.15, 0.2) is 0 Å². The zero-order valence-corrected chi connectivity index (χ0v) is 36.6. The van der Waals surface area contributed by atoms with E-state index < -0.39 is 62.0 Å². The molecule has 0 saturated heterocycles. The van der Waals surface area contributed by atoms with E-state index >= 15 is 4.79 Å². The third-order valence-electron chi connectivity index (χ3n) is 11.3. The summed E-state index contributed by atoms with van der Waals surface area (Å²) in [6.07, 6.45) is -0.377. The van der Waals surface area contributed by atoms with Crippen molar-refractivity contribution in [3.8, 4) is 5.75 Å². The lowest BCUT2D eigenvalue weighted by atomic mass is 9.67. The van der Waals surface area contributed by atoms with Crippen molar-refractivity contribution in [3.05, 3.63) is 109 Å². The van der Waals surface area contributed by atoms with Crippen LogP contribution in [-0.2, 0) is 24.2 Å². The van der Waals surface area contributed by atoms with Crippen LogP contribution in [0, 0.1) is 0 Å². The highest BCUT2D eigenvalue weighted by Crippen LogP contribution is 2.47. The van der Waals surface area contributed by atoms with E-state index in [0.29, 0.717) is 22.3 Å². The van der Waals surface area contributed by atoms with Gasteiger partial charge in [0.2, 0.25) is 17.7 Å². The number of hydrogen-bond acceptors (Lipinski definition) is 8. The van der Waals surface area contributed by atoms with E-state index in [9.17, 15) is 18.4 Å². The summed E-state index contributed by atoms with van der Waals surface area (Å²) in [4.78, 5) is 48.5. The van der Waals surface area contributed by atoms with Gasteiger partial charge in [-0.15, -0.1) is 0 Å². The Kier molecular flexibility index (Phi) is 12.7. The number of aromatic nitrogens is 3. The first-order valence-electron chi connectivity index (χ1n) is 20.2. The molecule has 2 amide bonds. The van der Waals surface area contributed by atoms with E-state index in [0.717, 1.165) is 15.1 Å². The number of amides is 2. The topological polar surface area (TPSA) is 125 Å². The number of alkyl halides is 2. The molecule has 3 aromatic carbocycles. The lowest BCUT2D eigenvalue weighted by molar-refractivity contribution is -0.147. The van der Waals surface area contributed by atoms with Crippen LogP contribution in [0.3, 0.4) is 0 Å². The van der Waals surface area contributed by atoms with E-state index in [1.807, 2.05) is 36.4 Å². The minimum Gasteiger partial charge on any atom is -0.497 e. The zero-order valence-electron chi connectivity index (χ0n) is 35.6. The van der Waals surface area contributed by atoms with E-state index in [2.05, 4.69) is 60.4 Å². The summed E-state index contributed by atoms with van der Waals surface area (Å²) in [5.74, 6) is -3.19. The van der Waals surface area contributed by atoms with Crippen LogP contribution >= 0.6 is 0 Å². The van der Waals surface area contributed by atoms with Gasteiger partial charge >= 0.3 is 6.09 Å². The number of carbonyl (C=O) groups excluding carboxylic acids is 3. The number of nitrogens with zero attached hydrogens (tertiary/aromatic N) is 4. The van der Waals surface area contributed by atoms with Crippen molar-refractivity contribution in [2.75, 3.05) is 26.1 Å². The van der Waals surface area contributed by atoms with E-state index in [1.165, 1.54) is 18.2 Å². The molecule has 60 heavy (non-hydrogen) atoms. The third-order valence-corrected chi connectivity index (χ3v) is 16.4. The average Bonchev–Trinajstić information content (AvgIpc) is 3.64. The summed E-state index contributed by atoms with van der Waals surface area (Å²) in [5, 5.41) is 8.82. The quantitative estimate of drug-likeness (QED) is 0.125. The molecule has 14 heteroatoms. The van der Waals surface area contributed by atoms with Gasteiger partial charge in [-0.05, 0) is 85.3 Å². The monoisotopic (exact) mass is 839 g/mol. The SMILES string of the molecule is COc1ccc(C2(C(=O)N(C)C(CCO[Si](c3ccccc3)(c3ccccc3)C(C)(C)C)C(=O)Nc3ccc4c(cnn4C(=O)OC(C)(C)C)n3)CCC(F)(F)CC2)cc1. The molecule has 5 aromatic rings. The number of nitrogens with one attached hydrogen (secondary N) is 1. The standard InChI is InChI=1S/C46H55F2N5O6Si/c1-43(2,3)59-42(56)53-37-23-24-39(50-36(37)31-49-53)51-40(54)38(25-30-58-60(44(4,5)6,34-15-11-9-12-16-34)35-17-13-10-14-18-35)52(7)41(55)45(26-28-46(47,48)29-27-45)32-19-21-33(57-8)22-20-32/h9-24,31,38H,25-30H2,1-8H3,(H,50,51,54). The fourth-order valence-corrected chi connectivity index (χ4v) is 12.9. The van der Waals surface area contributed by atoms with Crippen LogP contribution < -0.4 is 20.4 Å². The number of pyridine rings is 1. The maximum absolute atomic E-state index is 15.1. The molecule has 11 nitrogen and oxygen atoms in total. The number of rotatable bonds is 12. The van der Waals surface area contributed by atoms with Crippen LogP contribution in [0.1, 0.15) is 79.2 Å². The first kappa shape index (κ1) is 44.1. The second-order valence-corrected chi connectivity index (χ2v) is 21.8. The number of fused-ring (bicyclic) bond motifs is 1. The van der Waals surface area contributed by atoms with Crippen LogP contribution in [0.2, 0.25) is 5.04 Å². The molecule has 1 aliphatic rings. The summed E-state index contributed by atoms with van der Waals surface area (Å²) in [6, 6.07) is 29.1. The number of benzene rings is 3. The minimum atomic E-state index is -3.05. The van der Waals surface area contributed by atoms with E-state index in [4.69, 9.17) is 13.9 Å². The first-order valence-corrected chi connectivity index (χ1v) is 22.1. The molecule has 2 heterocycles. The van der Waals surface area contributed by atoms with Crippen LogP contribution in [0.5, 0.6) is 5.75 Å².